The van der Waals surface area contributed by atoms with Gasteiger partial charge in [-0.05, 0) is 79.1 Å². The fraction of sp³-hybridized carbons (Fsp3) is 0.200. The molecular formula is C30H27N3O7. The normalized spacial score (nSPS) is 16.4. The summed E-state index contributed by atoms with van der Waals surface area (Å²) < 4.78 is 10.8. The average molecular weight is 542 g/mol. The Morgan fingerprint density at radius 3 is 2.40 bits per heavy atom. The number of H-pyrrole nitrogens is 1. The molecule has 1 aliphatic heterocycles. The van der Waals surface area contributed by atoms with Crippen molar-refractivity contribution in [3.8, 4) is 11.5 Å². The first kappa shape index (κ1) is 26.5. The largest absolute Gasteiger partial charge is 0.507 e. The van der Waals surface area contributed by atoms with Crippen LogP contribution in [0.25, 0.3) is 16.7 Å². The van der Waals surface area contributed by atoms with Crippen LogP contribution in [0.4, 0.5) is 5.69 Å². The third kappa shape index (κ3) is 4.86. The van der Waals surface area contributed by atoms with Crippen molar-refractivity contribution in [2.24, 2.45) is 0 Å². The molecule has 10 nitrogen and oxygen atoms in total. The monoisotopic (exact) mass is 541 g/mol. The second-order valence-corrected chi connectivity index (χ2v) is 9.27. The molecule has 0 bridgehead atoms. The Balaban J connectivity index is 1.54. The van der Waals surface area contributed by atoms with Crippen LogP contribution >= 0.6 is 0 Å². The van der Waals surface area contributed by atoms with Gasteiger partial charge in [0.15, 0.2) is 0 Å². The van der Waals surface area contributed by atoms with Crippen LogP contribution in [-0.2, 0) is 16.0 Å². The molecule has 1 aromatic heterocycles. The topological polar surface area (TPSA) is 135 Å². The van der Waals surface area contributed by atoms with E-state index in [2.05, 4.69) is 4.98 Å². The molecule has 1 saturated heterocycles. The van der Waals surface area contributed by atoms with Gasteiger partial charge >= 0.3 is 0 Å². The lowest BCUT2D eigenvalue weighted by atomic mass is 9.95. The number of aromatic amines is 1. The molecule has 204 valence electrons. The number of nitrogens with zero attached hydrogens (tertiary/aromatic N) is 2. The molecule has 1 unspecified atom stereocenters. The van der Waals surface area contributed by atoms with Gasteiger partial charge in [-0.3, -0.25) is 19.7 Å². The number of aromatic nitrogens is 1. The summed E-state index contributed by atoms with van der Waals surface area (Å²) in [7, 11) is 1.58. The van der Waals surface area contributed by atoms with E-state index in [1.807, 2.05) is 31.3 Å². The predicted octanol–water partition coefficient (Wildman–Crippen LogP) is 5.15. The Labute approximate surface area is 229 Å². The van der Waals surface area contributed by atoms with E-state index in [9.17, 15) is 24.8 Å². The third-order valence-corrected chi connectivity index (χ3v) is 6.99. The van der Waals surface area contributed by atoms with Gasteiger partial charge in [0.05, 0.1) is 30.3 Å². The molecule has 1 fully saturated rings. The van der Waals surface area contributed by atoms with Crippen molar-refractivity contribution in [3.05, 3.63) is 105 Å². The maximum atomic E-state index is 13.4. The summed E-state index contributed by atoms with van der Waals surface area (Å²) in [5, 5.41) is 23.4. The standard InChI is InChI=1S/C30H27N3O7/c1-3-40-22-10-6-19(7-11-22)28(34)26-27(18-4-8-21(9-5-18)33(37)38)32(30(36)29(26)35)15-14-20-17-31-25-13-12-23(39-2)16-24(20)25/h4-13,16-17,27,31,34H,3,14-15H2,1-2H3/b28-26-. The molecule has 0 spiro atoms. The van der Waals surface area contributed by atoms with Crippen LogP contribution in [0.3, 0.4) is 0 Å². The van der Waals surface area contributed by atoms with Crippen molar-refractivity contribution >= 4 is 34.0 Å². The number of carbonyl (C=O) groups excluding carboxylic acids is 2. The number of ether oxygens (including phenoxy) is 2. The Morgan fingerprint density at radius 1 is 1.05 bits per heavy atom. The summed E-state index contributed by atoms with van der Waals surface area (Å²) in [5.74, 6) is -0.621. The van der Waals surface area contributed by atoms with E-state index in [0.29, 0.717) is 35.7 Å². The highest BCUT2D eigenvalue weighted by Gasteiger charge is 2.46. The lowest BCUT2D eigenvalue weighted by Gasteiger charge is -2.25. The fourth-order valence-electron chi connectivity index (χ4n) is 5.00. The Morgan fingerprint density at radius 2 is 1.75 bits per heavy atom. The number of rotatable bonds is 9. The summed E-state index contributed by atoms with van der Waals surface area (Å²) in [6.45, 7) is 2.49. The zero-order valence-electron chi connectivity index (χ0n) is 21.9. The second-order valence-electron chi connectivity index (χ2n) is 9.27. The number of likely N-dealkylation sites (tertiary alicyclic amines) is 1. The molecule has 10 heteroatoms. The van der Waals surface area contributed by atoms with Crippen molar-refractivity contribution in [2.45, 2.75) is 19.4 Å². The number of non-ortho nitro benzene ring substituents is 1. The summed E-state index contributed by atoms with van der Waals surface area (Å²) >= 11 is 0. The van der Waals surface area contributed by atoms with E-state index in [0.717, 1.165) is 16.5 Å². The van der Waals surface area contributed by atoms with Gasteiger partial charge in [0.1, 0.15) is 17.3 Å². The first-order valence-corrected chi connectivity index (χ1v) is 12.7. The zero-order chi connectivity index (χ0) is 28.4. The van der Waals surface area contributed by atoms with Gasteiger partial charge in [0.25, 0.3) is 17.4 Å². The average Bonchev–Trinajstić information content (AvgIpc) is 3.49. The number of hydrogen-bond acceptors (Lipinski definition) is 7. The molecule has 5 rings (SSSR count). The number of hydrogen-bond donors (Lipinski definition) is 2. The molecular weight excluding hydrogens is 514 g/mol. The minimum absolute atomic E-state index is 0.0800. The van der Waals surface area contributed by atoms with Crippen LogP contribution < -0.4 is 9.47 Å². The smallest absolute Gasteiger partial charge is 0.295 e. The first-order valence-electron chi connectivity index (χ1n) is 12.7. The Bertz CT molecular complexity index is 1620. The molecule has 3 aromatic carbocycles. The van der Waals surface area contributed by atoms with E-state index in [4.69, 9.17) is 9.47 Å². The summed E-state index contributed by atoms with van der Waals surface area (Å²) in [6.07, 6.45) is 2.26. The van der Waals surface area contributed by atoms with Gasteiger partial charge in [-0.15, -0.1) is 0 Å². The summed E-state index contributed by atoms with van der Waals surface area (Å²) in [5.41, 5.74) is 2.43. The number of aliphatic hydroxyl groups is 1. The van der Waals surface area contributed by atoms with E-state index in [-0.39, 0.29) is 23.6 Å². The van der Waals surface area contributed by atoms with Gasteiger partial charge in [-0.25, -0.2) is 0 Å². The van der Waals surface area contributed by atoms with Gasteiger partial charge < -0.3 is 24.5 Å². The Hall–Kier alpha value is -5.12. The van der Waals surface area contributed by atoms with E-state index >= 15 is 0 Å². The van der Waals surface area contributed by atoms with Crippen LogP contribution in [-0.4, -0.2) is 51.9 Å². The maximum Gasteiger partial charge on any atom is 0.295 e. The van der Waals surface area contributed by atoms with Crippen molar-refractivity contribution in [1.82, 2.24) is 9.88 Å². The van der Waals surface area contributed by atoms with Crippen molar-refractivity contribution < 1.29 is 29.1 Å². The zero-order valence-corrected chi connectivity index (χ0v) is 21.9. The van der Waals surface area contributed by atoms with Gasteiger partial charge in [-0.1, -0.05) is 0 Å². The number of aliphatic hydroxyl groups excluding tert-OH is 1. The number of ketones is 1. The summed E-state index contributed by atoms with van der Waals surface area (Å²) in [4.78, 5) is 42.0. The number of benzene rings is 3. The van der Waals surface area contributed by atoms with Crippen molar-refractivity contribution in [1.29, 1.82) is 0 Å². The SMILES string of the molecule is CCOc1ccc(/C(O)=C2/C(=O)C(=O)N(CCc3c[nH]c4ccc(OC)cc34)C2c2ccc([N+](=O)[O-])cc2)cc1. The van der Waals surface area contributed by atoms with E-state index in [1.165, 1.54) is 29.2 Å². The molecule has 2 heterocycles. The van der Waals surface area contributed by atoms with E-state index < -0.39 is 22.7 Å². The molecule has 0 aliphatic carbocycles. The van der Waals surface area contributed by atoms with Gasteiger partial charge in [0, 0.05) is 41.3 Å². The fourth-order valence-corrected chi connectivity index (χ4v) is 5.00. The number of carbonyl (C=O) groups is 2. The molecule has 1 aliphatic rings. The summed E-state index contributed by atoms with van der Waals surface area (Å²) in [6, 6.07) is 16.9. The highest BCUT2D eigenvalue weighted by molar-refractivity contribution is 6.46. The van der Waals surface area contributed by atoms with Gasteiger partial charge in [0.2, 0.25) is 0 Å². The van der Waals surface area contributed by atoms with Crippen LogP contribution in [0.5, 0.6) is 11.5 Å². The quantitative estimate of drug-likeness (QED) is 0.0984. The highest BCUT2D eigenvalue weighted by Crippen LogP contribution is 2.40. The van der Waals surface area contributed by atoms with E-state index in [1.54, 1.807) is 31.4 Å². The van der Waals surface area contributed by atoms with Gasteiger partial charge in [-0.2, -0.15) is 0 Å². The molecule has 1 atom stereocenters. The molecule has 0 radical (unpaired) electrons. The molecule has 2 N–H and O–H groups in total. The molecule has 0 saturated carbocycles. The minimum atomic E-state index is -0.938. The number of nitrogens with one attached hydrogen (secondary N) is 1. The predicted molar refractivity (Wildman–Crippen MR) is 148 cm³/mol. The lowest BCUT2D eigenvalue weighted by Crippen LogP contribution is -2.31. The number of fused-ring (bicyclic) bond motifs is 1. The molecule has 1 amide bonds. The van der Waals surface area contributed by atoms with Crippen LogP contribution in [0.1, 0.15) is 29.7 Å². The number of amides is 1. The second kappa shape index (κ2) is 10.9. The number of Topliss-reactive ketones (excluding diaryl/α,β-unsaturated/α-hetero) is 1. The highest BCUT2D eigenvalue weighted by atomic mass is 16.6. The maximum absolute atomic E-state index is 13.4. The molecule has 40 heavy (non-hydrogen) atoms. The lowest BCUT2D eigenvalue weighted by molar-refractivity contribution is -0.384. The van der Waals surface area contributed by atoms with Crippen LogP contribution in [0, 0.1) is 10.1 Å². The van der Waals surface area contributed by atoms with Crippen molar-refractivity contribution in [3.63, 3.8) is 0 Å². The number of methoxy groups -OCH3 is 1. The van der Waals surface area contributed by atoms with Crippen molar-refractivity contribution in [2.75, 3.05) is 20.3 Å². The number of nitro groups is 1. The van der Waals surface area contributed by atoms with Crippen LogP contribution in [0.2, 0.25) is 0 Å². The Kier molecular flexibility index (Phi) is 7.24. The minimum Gasteiger partial charge on any atom is -0.507 e. The number of nitro benzene ring substituents is 1. The molecule has 4 aromatic rings. The first-order chi connectivity index (χ1) is 19.3. The third-order valence-electron chi connectivity index (χ3n) is 6.99. The van der Waals surface area contributed by atoms with Crippen LogP contribution in [0.15, 0.2) is 78.5 Å².